The van der Waals surface area contributed by atoms with Gasteiger partial charge >= 0.3 is 0 Å². The van der Waals surface area contributed by atoms with Crippen LogP contribution in [-0.4, -0.2) is 39.4 Å². The first-order valence-corrected chi connectivity index (χ1v) is 11.9. The monoisotopic (exact) mass is 479 g/mol. The second-order valence-corrected chi connectivity index (χ2v) is 8.49. The number of nitrogens with one attached hydrogen (secondary N) is 2. The van der Waals surface area contributed by atoms with Crippen LogP contribution in [0.2, 0.25) is 0 Å². The van der Waals surface area contributed by atoms with Gasteiger partial charge in [0.2, 0.25) is 5.91 Å². The maximum atomic E-state index is 12.6. The molecule has 0 spiro atoms. The maximum Gasteiger partial charge on any atom is 0.251 e. The number of carbonyl (C=O) groups is 2. The van der Waals surface area contributed by atoms with Gasteiger partial charge in [0.25, 0.3) is 5.91 Å². The van der Waals surface area contributed by atoms with Gasteiger partial charge in [-0.25, -0.2) is 0 Å². The molecular formula is C25H29N5O3S. The average molecular weight is 480 g/mol. The molecule has 3 aromatic rings. The second kappa shape index (κ2) is 12.0. The van der Waals surface area contributed by atoms with Crippen molar-refractivity contribution in [1.82, 2.24) is 20.1 Å². The van der Waals surface area contributed by atoms with Crippen LogP contribution in [0.3, 0.4) is 0 Å². The number of rotatable bonds is 11. The Kier molecular flexibility index (Phi) is 8.86. The zero-order chi connectivity index (χ0) is 24.5. The summed E-state index contributed by atoms with van der Waals surface area (Å²) in [6.07, 6.45) is 2.68. The average Bonchev–Trinajstić information content (AvgIpc) is 3.26. The van der Waals surface area contributed by atoms with E-state index in [1.807, 2.05) is 35.8 Å². The third kappa shape index (κ3) is 6.48. The molecule has 8 nitrogen and oxygen atoms in total. The number of thioether (sulfide) groups is 1. The summed E-state index contributed by atoms with van der Waals surface area (Å²) in [6, 6.07) is 14.3. The van der Waals surface area contributed by atoms with Crippen LogP contribution in [0.25, 0.3) is 0 Å². The van der Waals surface area contributed by atoms with E-state index in [9.17, 15) is 9.59 Å². The zero-order valence-electron chi connectivity index (χ0n) is 19.6. The van der Waals surface area contributed by atoms with Gasteiger partial charge in [-0.1, -0.05) is 36.9 Å². The lowest BCUT2D eigenvalue weighted by Crippen LogP contribution is -2.28. The zero-order valence-corrected chi connectivity index (χ0v) is 20.4. The van der Waals surface area contributed by atoms with Crippen LogP contribution in [0.1, 0.15) is 41.6 Å². The molecule has 0 saturated carbocycles. The van der Waals surface area contributed by atoms with E-state index < -0.39 is 6.04 Å². The summed E-state index contributed by atoms with van der Waals surface area (Å²) >= 11 is 1.28. The highest BCUT2D eigenvalue weighted by atomic mass is 32.2. The van der Waals surface area contributed by atoms with Gasteiger partial charge in [-0.3, -0.25) is 9.59 Å². The van der Waals surface area contributed by atoms with E-state index in [1.165, 1.54) is 17.3 Å². The highest BCUT2D eigenvalue weighted by Gasteiger charge is 2.20. The molecule has 0 fully saturated rings. The van der Waals surface area contributed by atoms with Crippen molar-refractivity contribution in [3.05, 3.63) is 78.1 Å². The molecule has 1 heterocycles. The van der Waals surface area contributed by atoms with Gasteiger partial charge in [0.15, 0.2) is 11.0 Å². The fourth-order valence-electron chi connectivity index (χ4n) is 3.27. The highest BCUT2D eigenvalue weighted by molar-refractivity contribution is 7.99. The Hall–Kier alpha value is -3.59. The van der Waals surface area contributed by atoms with E-state index in [-0.39, 0.29) is 17.6 Å². The minimum atomic E-state index is -0.401. The molecule has 0 saturated heterocycles. The fraction of sp³-hybridized carbons (Fsp3) is 0.280. The number of hydrogen-bond donors (Lipinski definition) is 2. The van der Waals surface area contributed by atoms with Crippen molar-refractivity contribution in [3.8, 4) is 5.75 Å². The van der Waals surface area contributed by atoms with E-state index in [0.717, 1.165) is 12.1 Å². The number of anilines is 1. The van der Waals surface area contributed by atoms with Crippen molar-refractivity contribution in [2.75, 3.05) is 18.2 Å². The molecule has 0 aliphatic rings. The number of hydrogen-bond acceptors (Lipinski definition) is 6. The van der Waals surface area contributed by atoms with Crippen LogP contribution in [0.15, 0.2) is 66.3 Å². The first-order valence-electron chi connectivity index (χ1n) is 11.0. The standard InChI is InChI=1S/C25H29N5O3S/c1-5-15-30-23(17(3)26-24(32)19-9-13-21(33-4)14-10-19)28-29-25(30)34-16-22(31)27-20-11-7-18(6-2)8-12-20/h5,7-14,17H,1,6,15-16H2,2-4H3,(H,26,32)(H,27,31)/t17-/m1/s1. The first-order chi connectivity index (χ1) is 16.4. The van der Waals surface area contributed by atoms with Crippen molar-refractivity contribution < 1.29 is 14.3 Å². The first kappa shape index (κ1) is 25.0. The largest absolute Gasteiger partial charge is 0.497 e. The summed E-state index contributed by atoms with van der Waals surface area (Å²) in [5, 5.41) is 14.9. The topological polar surface area (TPSA) is 98.1 Å². The molecule has 0 unspecified atom stereocenters. The van der Waals surface area contributed by atoms with Gasteiger partial charge in [-0.2, -0.15) is 0 Å². The molecule has 1 aromatic heterocycles. The Balaban J connectivity index is 1.63. The van der Waals surface area contributed by atoms with Crippen LogP contribution < -0.4 is 15.4 Å². The van der Waals surface area contributed by atoms with E-state index in [2.05, 4.69) is 34.3 Å². The number of carbonyl (C=O) groups excluding carboxylic acids is 2. The van der Waals surface area contributed by atoms with Crippen molar-refractivity contribution in [3.63, 3.8) is 0 Å². The van der Waals surface area contributed by atoms with Crippen molar-refractivity contribution in [1.29, 1.82) is 0 Å². The fourth-order valence-corrected chi connectivity index (χ4v) is 4.02. The molecule has 9 heteroatoms. The van der Waals surface area contributed by atoms with Crippen molar-refractivity contribution in [2.45, 2.75) is 38.0 Å². The molecule has 0 aliphatic heterocycles. The van der Waals surface area contributed by atoms with Crippen molar-refractivity contribution in [2.24, 2.45) is 0 Å². The van der Waals surface area contributed by atoms with Crippen LogP contribution in [0.5, 0.6) is 5.75 Å². The minimum Gasteiger partial charge on any atom is -0.497 e. The molecule has 0 bridgehead atoms. The SMILES string of the molecule is C=CCn1c(SCC(=O)Nc2ccc(CC)cc2)nnc1[C@@H](C)NC(=O)c1ccc(OC)cc1. The lowest BCUT2D eigenvalue weighted by molar-refractivity contribution is -0.113. The minimum absolute atomic E-state index is 0.134. The van der Waals surface area contributed by atoms with E-state index in [4.69, 9.17) is 4.74 Å². The number of nitrogens with zero attached hydrogens (tertiary/aromatic N) is 3. The number of aromatic nitrogens is 3. The van der Waals surface area contributed by atoms with Gasteiger partial charge in [-0.05, 0) is 55.3 Å². The highest BCUT2D eigenvalue weighted by Crippen LogP contribution is 2.22. The predicted molar refractivity (Wildman–Crippen MR) is 134 cm³/mol. The summed E-state index contributed by atoms with van der Waals surface area (Å²) in [5.41, 5.74) is 2.48. The molecule has 2 aromatic carbocycles. The smallest absolute Gasteiger partial charge is 0.251 e. The summed E-state index contributed by atoms with van der Waals surface area (Å²) in [7, 11) is 1.58. The Morgan fingerprint density at radius 3 is 2.47 bits per heavy atom. The molecule has 178 valence electrons. The quantitative estimate of drug-likeness (QED) is 0.315. The third-order valence-electron chi connectivity index (χ3n) is 5.12. The molecule has 34 heavy (non-hydrogen) atoms. The summed E-state index contributed by atoms with van der Waals surface area (Å²) < 4.78 is 6.98. The maximum absolute atomic E-state index is 12.6. The molecule has 2 amide bonds. The molecule has 0 aliphatic carbocycles. The third-order valence-corrected chi connectivity index (χ3v) is 6.09. The van der Waals surface area contributed by atoms with Crippen molar-refractivity contribution >= 4 is 29.3 Å². The lowest BCUT2D eigenvalue weighted by Gasteiger charge is -2.15. The summed E-state index contributed by atoms with van der Waals surface area (Å²) in [4.78, 5) is 25.1. The number of aryl methyl sites for hydroxylation is 1. The number of benzene rings is 2. The Morgan fingerprint density at radius 2 is 1.85 bits per heavy atom. The molecule has 1 atom stereocenters. The Bertz CT molecular complexity index is 1130. The number of methoxy groups -OCH3 is 1. The normalized spacial score (nSPS) is 11.5. The van der Waals surface area contributed by atoms with Gasteiger partial charge in [0.05, 0.1) is 18.9 Å². The van der Waals surface area contributed by atoms with E-state index in [1.54, 1.807) is 37.5 Å². The van der Waals surface area contributed by atoms with Crippen LogP contribution in [0.4, 0.5) is 5.69 Å². The lowest BCUT2D eigenvalue weighted by atomic mass is 10.1. The van der Waals surface area contributed by atoms with E-state index in [0.29, 0.717) is 28.8 Å². The molecule has 0 radical (unpaired) electrons. The van der Waals surface area contributed by atoms with Gasteiger partial charge < -0.3 is 19.9 Å². The summed E-state index contributed by atoms with van der Waals surface area (Å²) in [6.45, 7) is 8.18. The molecule has 2 N–H and O–H groups in total. The molecular weight excluding hydrogens is 450 g/mol. The number of amides is 2. The number of allylic oxidation sites excluding steroid dienone is 1. The van der Waals surface area contributed by atoms with Gasteiger partial charge in [0, 0.05) is 17.8 Å². The second-order valence-electron chi connectivity index (χ2n) is 7.55. The number of ether oxygens (including phenoxy) is 1. The van der Waals surface area contributed by atoms with Crippen LogP contribution in [-0.2, 0) is 17.8 Å². The predicted octanol–water partition coefficient (Wildman–Crippen LogP) is 4.26. The molecule has 3 rings (SSSR count). The Labute approximate surface area is 203 Å². The van der Waals surface area contributed by atoms with Crippen LogP contribution >= 0.6 is 11.8 Å². The Morgan fingerprint density at radius 1 is 1.15 bits per heavy atom. The van der Waals surface area contributed by atoms with Crippen LogP contribution in [0, 0.1) is 0 Å². The van der Waals surface area contributed by atoms with E-state index >= 15 is 0 Å². The summed E-state index contributed by atoms with van der Waals surface area (Å²) in [5.74, 6) is 1.08. The van der Waals surface area contributed by atoms with Gasteiger partial charge in [-0.15, -0.1) is 16.8 Å². The van der Waals surface area contributed by atoms with Gasteiger partial charge in [0.1, 0.15) is 5.75 Å².